The molecule has 0 unspecified atom stereocenters. The maximum Gasteiger partial charge on any atom is 0.332 e. The SMILES string of the molecule is CN1CCN(CCNc2c(C#N)c(=O)n(C)c(=O)n2C)CC1. The van der Waals surface area contributed by atoms with Gasteiger partial charge in [-0.25, -0.2) is 4.79 Å². The van der Waals surface area contributed by atoms with Crippen LogP contribution in [0, 0.1) is 11.3 Å². The van der Waals surface area contributed by atoms with E-state index in [1.54, 1.807) is 7.05 Å². The summed E-state index contributed by atoms with van der Waals surface area (Å²) in [6.07, 6.45) is 0. The number of hydrogen-bond acceptors (Lipinski definition) is 6. The predicted molar refractivity (Wildman–Crippen MR) is 84.1 cm³/mol. The van der Waals surface area contributed by atoms with Crippen molar-refractivity contribution in [3.63, 3.8) is 0 Å². The van der Waals surface area contributed by atoms with E-state index < -0.39 is 11.2 Å². The largest absolute Gasteiger partial charge is 0.369 e. The van der Waals surface area contributed by atoms with Gasteiger partial charge in [0.2, 0.25) is 0 Å². The minimum Gasteiger partial charge on any atom is -0.369 e. The van der Waals surface area contributed by atoms with Gasteiger partial charge in [-0.3, -0.25) is 18.8 Å². The van der Waals surface area contributed by atoms with Crippen molar-refractivity contribution in [2.75, 3.05) is 51.6 Å². The van der Waals surface area contributed by atoms with Gasteiger partial charge in [-0.2, -0.15) is 5.26 Å². The number of nitrogens with one attached hydrogen (secondary N) is 1. The lowest BCUT2D eigenvalue weighted by Crippen LogP contribution is -2.46. The maximum atomic E-state index is 12.0. The smallest absolute Gasteiger partial charge is 0.332 e. The Balaban J connectivity index is 2.09. The average molecular weight is 306 g/mol. The van der Waals surface area contributed by atoms with E-state index in [1.807, 2.05) is 6.07 Å². The number of anilines is 1. The van der Waals surface area contributed by atoms with Crippen molar-refractivity contribution >= 4 is 5.82 Å². The highest BCUT2D eigenvalue weighted by Gasteiger charge is 2.16. The van der Waals surface area contributed by atoms with E-state index >= 15 is 0 Å². The zero-order chi connectivity index (χ0) is 16.3. The van der Waals surface area contributed by atoms with Crippen molar-refractivity contribution in [2.24, 2.45) is 14.1 Å². The molecule has 1 aromatic rings. The molecule has 8 heteroatoms. The highest BCUT2D eigenvalue weighted by Crippen LogP contribution is 2.07. The Kier molecular flexibility index (Phi) is 5.00. The minimum absolute atomic E-state index is 0.0250. The third kappa shape index (κ3) is 3.21. The summed E-state index contributed by atoms with van der Waals surface area (Å²) in [7, 11) is 5.03. The summed E-state index contributed by atoms with van der Waals surface area (Å²) < 4.78 is 2.26. The van der Waals surface area contributed by atoms with Gasteiger partial charge in [0.15, 0.2) is 5.56 Å². The first kappa shape index (κ1) is 16.3. The van der Waals surface area contributed by atoms with Crippen LogP contribution in [0.2, 0.25) is 0 Å². The van der Waals surface area contributed by atoms with Gasteiger partial charge in [-0.05, 0) is 7.05 Å². The summed E-state index contributed by atoms with van der Waals surface area (Å²) in [5, 5.41) is 12.3. The molecule has 0 amide bonds. The van der Waals surface area contributed by atoms with Crippen LogP contribution in [0.3, 0.4) is 0 Å². The molecular weight excluding hydrogens is 284 g/mol. The van der Waals surface area contributed by atoms with Gasteiger partial charge >= 0.3 is 5.69 Å². The molecule has 0 spiro atoms. The third-order valence-electron chi connectivity index (χ3n) is 4.09. The minimum atomic E-state index is -0.562. The first-order valence-electron chi connectivity index (χ1n) is 7.30. The van der Waals surface area contributed by atoms with E-state index in [0.29, 0.717) is 12.4 Å². The molecule has 1 fully saturated rings. The molecule has 0 saturated carbocycles. The second kappa shape index (κ2) is 6.77. The molecule has 8 nitrogen and oxygen atoms in total. The molecule has 1 aromatic heterocycles. The van der Waals surface area contributed by atoms with E-state index in [2.05, 4.69) is 22.2 Å². The maximum absolute atomic E-state index is 12.0. The zero-order valence-corrected chi connectivity index (χ0v) is 13.3. The van der Waals surface area contributed by atoms with Crippen LogP contribution in [0.1, 0.15) is 5.56 Å². The molecule has 1 saturated heterocycles. The van der Waals surface area contributed by atoms with Gasteiger partial charge in [0.1, 0.15) is 11.9 Å². The summed E-state index contributed by atoms with van der Waals surface area (Å²) >= 11 is 0. The number of likely N-dealkylation sites (N-methyl/N-ethyl adjacent to an activating group) is 1. The Morgan fingerprint density at radius 1 is 1.09 bits per heavy atom. The van der Waals surface area contributed by atoms with Crippen molar-refractivity contribution in [1.29, 1.82) is 5.26 Å². The molecule has 22 heavy (non-hydrogen) atoms. The van der Waals surface area contributed by atoms with Crippen molar-refractivity contribution in [1.82, 2.24) is 18.9 Å². The van der Waals surface area contributed by atoms with Crippen molar-refractivity contribution in [3.05, 3.63) is 26.4 Å². The van der Waals surface area contributed by atoms with Gasteiger partial charge in [0, 0.05) is 53.4 Å². The Bertz CT molecular complexity index is 691. The molecule has 0 bridgehead atoms. The first-order chi connectivity index (χ1) is 10.5. The fraction of sp³-hybridized carbons (Fsp3) is 0.643. The Morgan fingerprint density at radius 2 is 1.73 bits per heavy atom. The number of nitriles is 1. The average Bonchev–Trinajstić information content (AvgIpc) is 2.52. The monoisotopic (exact) mass is 306 g/mol. The Morgan fingerprint density at radius 3 is 2.32 bits per heavy atom. The quantitative estimate of drug-likeness (QED) is 0.737. The molecule has 1 aliphatic heterocycles. The summed E-state index contributed by atoms with van der Waals surface area (Å²) in [6, 6.07) is 1.89. The normalized spacial score (nSPS) is 16.5. The fourth-order valence-corrected chi connectivity index (χ4v) is 2.56. The Labute approximate surface area is 129 Å². The van der Waals surface area contributed by atoms with Crippen molar-refractivity contribution < 1.29 is 0 Å². The standard InChI is InChI=1S/C14H22N6O2/c1-17-6-8-20(9-7-17)5-4-16-12-11(10-15)13(21)19(3)14(22)18(12)2/h16H,4-9H2,1-3H3. The molecule has 2 heterocycles. The second-order valence-electron chi connectivity index (χ2n) is 5.61. The summed E-state index contributed by atoms with van der Waals surface area (Å²) in [5.41, 5.74) is -1.03. The highest BCUT2D eigenvalue weighted by atomic mass is 16.2. The molecule has 2 rings (SSSR count). The van der Waals surface area contributed by atoms with E-state index in [-0.39, 0.29) is 5.56 Å². The molecule has 120 valence electrons. The number of piperazine rings is 1. The van der Waals surface area contributed by atoms with Gasteiger partial charge in [-0.15, -0.1) is 0 Å². The Hall–Kier alpha value is -2.11. The van der Waals surface area contributed by atoms with E-state index in [0.717, 1.165) is 37.3 Å². The van der Waals surface area contributed by atoms with Gasteiger partial charge in [-0.1, -0.05) is 0 Å². The van der Waals surface area contributed by atoms with E-state index in [9.17, 15) is 14.9 Å². The molecular formula is C14H22N6O2. The third-order valence-corrected chi connectivity index (χ3v) is 4.09. The van der Waals surface area contributed by atoms with Crippen LogP contribution in [0.25, 0.3) is 0 Å². The highest BCUT2D eigenvalue weighted by molar-refractivity contribution is 5.51. The number of nitrogens with zero attached hydrogens (tertiary/aromatic N) is 5. The van der Waals surface area contributed by atoms with Crippen LogP contribution in [0.5, 0.6) is 0 Å². The lowest BCUT2D eigenvalue weighted by Gasteiger charge is -2.32. The first-order valence-corrected chi connectivity index (χ1v) is 7.30. The molecule has 0 radical (unpaired) electrons. The van der Waals surface area contributed by atoms with E-state index in [1.165, 1.54) is 11.6 Å². The zero-order valence-electron chi connectivity index (χ0n) is 13.3. The van der Waals surface area contributed by atoms with Crippen LogP contribution < -0.4 is 16.6 Å². The number of aromatic nitrogens is 2. The molecule has 0 aliphatic carbocycles. The van der Waals surface area contributed by atoms with E-state index in [4.69, 9.17) is 0 Å². The van der Waals surface area contributed by atoms with Gasteiger partial charge in [0.25, 0.3) is 5.56 Å². The number of hydrogen-bond donors (Lipinski definition) is 1. The summed E-state index contributed by atoms with van der Waals surface area (Å²) in [6.45, 7) is 5.46. The van der Waals surface area contributed by atoms with Crippen LogP contribution in [0.15, 0.2) is 9.59 Å². The molecule has 0 atom stereocenters. The molecule has 0 aromatic carbocycles. The lowest BCUT2D eigenvalue weighted by atomic mass is 10.3. The van der Waals surface area contributed by atoms with Gasteiger partial charge in [0.05, 0.1) is 0 Å². The summed E-state index contributed by atoms with van der Waals surface area (Å²) in [5.74, 6) is 0.296. The topological polar surface area (TPSA) is 86.3 Å². The lowest BCUT2D eigenvalue weighted by molar-refractivity contribution is 0.158. The van der Waals surface area contributed by atoms with Crippen molar-refractivity contribution in [3.8, 4) is 6.07 Å². The molecule has 1 aliphatic rings. The van der Waals surface area contributed by atoms with Crippen LogP contribution in [-0.2, 0) is 14.1 Å². The molecule has 1 N–H and O–H groups in total. The fourth-order valence-electron chi connectivity index (χ4n) is 2.56. The van der Waals surface area contributed by atoms with Crippen LogP contribution >= 0.6 is 0 Å². The second-order valence-corrected chi connectivity index (χ2v) is 5.61. The predicted octanol–water partition coefficient (Wildman–Crippen LogP) is -1.39. The number of rotatable bonds is 4. The van der Waals surface area contributed by atoms with Gasteiger partial charge < -0.3 is 10.2 Å². The van der Waals surface area contributed by atoms with Crippen LogP contribution in [-0.4, -0.2) is 65.3 Å². The van der Waals surface area contributed by atoms with Crippen molar-refractivity contribution in [2.45, 2.75) is 0 Å². The summed E-state index contributed by atoms with van der Waals surface area (Å²) in [4.78, 5) is 28.5. The van der Waals surface area contributed by atoms with Crippen LogP contribution in [0.4, 0.5) is 5.82 Å².